The Morgan fingerprint density at radius 2 is 0.667 bits per heavy atom. The average molecular weight is 422 g/mol. The molecule has 3 rings (SSSR count). The summed E-state index contributed by atoms with van der Waals surface area (Å²) in [5.41, 5.74) is 3.99. The Kier molecular flexibility index (Phi) is 5.49. The van der Waals surface area contributed by atoms with E-state index in [2.05, 4.69) is 91.0 Å². The first-order valence-corrected chi connectivity index (χ1v) is 10.6. The van der Waals surface area contributed by atoms with Crippen molar-refractivity contribution in [3.8, 4) is 0 Å². The Morgan fingerprint density at radius 3 is 0.852 bits per heavy atom. The van der Waals surface area contributed by atoms with Crippen molar-refractivity contribution < 1.29 is 25.2 Å². The van der Waals surface area contributed by atoms with E-state index in [1.807, 2.05) is 9.24 Å². The quantitative estimate of drug-likeness (QED) is 0.228. The summed E-state index contributed by atoms with van der Waals surface area (Å²) in [7, 11) is -8.61. The van der Waals surface area contributed by atoms with E-state index in [1.54, 1.807) is 0 Å². The van der Waals surface area contributed by atoms with Gasteiger partial charge in [-0.1, -0.05) is 91.0 Å². The Hall–Kier alpha value is -1.90. The third kappa shape index (κ3) is 7.32. The van der Waals surface area contributed by atoms with Crippen molar-refractivity contribution in [2.24, 2.45) is 0 Å². The van der Waals surface area contributed by atoms with Crippen LogP contribution >= 0.6 is 17.0 Å². The van der Waals surface area contributed by atoms with Gasteiger partial charge in [-0.05, 0) is 9.24 Å². The van der Waals surface area contributed by atoms with Crippen molar-refractivity contribution in [1.82, 2.24) is 0 Å². The van der Waals surface area contributed by atoms with E-state index in [0.717, 1.165) is 0 Å². The summed E-state index contributed by atoms with van der Waals surface area (Å²) in [4.78, 5) is 0. The zero-order valence-electron chi connectivity index (χ0n) is 14.1. The topological polar surface area (TPSA) is 0 Å². The second kappa shape index (κ2) is 6.92. The smallest absolute Gasteiger partial charge is 0.0622 e. The van der Waals surface area contributed by atoms with E-state index in [4.69, 9.17) is 0 Å². The summed E-state index contributed by atoms with van der Waals surface area (Å²) >= 11 is 0. The fraction of sp³-hybridized carbons (Fsp3) is 0.0526. The largest absolute Gasteiger partial charge is 0.147 e. The van der Waals surface area contributed by atoms with Crippen molar-refractivity contribution in [3.05, 3.63) is 108 Å². The Morgan fingerprint density at radius 1 is 0.481 bits per heavy atom. The summed E-state index contributed by atoms with van der Waals surface area (Å²) in [5.74, 6) is 0. The minimum absolute atomic E-state index is 0.0935. The second-order valence-electron chi connectivity index (χ2n) is 5.96. The molecule has 27 heavy (non-hydrogen) atoms. The first kappa shape index (κ1) is 21.4. The average Bonchev–Trinajstić information content (AvgIpc) is 2.61. The Bertz CT molecular complexity index is 756. The molecule has 1 atom stereocenters. The van der Waals surface area contributed by atoms with E-state index in [9.17, 15) is 25.2 Å². The molecular formula is C19H18F6P2. The van der Waals surface area contributed by atoms with Gasteiger partial charge in [0.15, 0.2) is 0 Å². The van der Waals surface area contributed by atoms with Crippen LogP contribution in [-0.4, -0.2) is 0 Å². The molecule has 0 fully saturated rings. The van der Waals surface area contributed by atoms with Crippen molar-refractivity contribution in [1.29, 1.82) is 0 Å². The first-order valence-electron chi connectivity index (χ1n) is 7.85. The van der Waals surface area contributed by atoms with Crippen LogP contribution in [0.3, 0.4) is 0 Å². The molecule has 3 aromatic rings. The maximum absolute atomic E-state index is 10.7. The van der Waals surface area contributed by atoms with Crippen molar-refractivity contribution >= 4 is 17.0 Å². The van der Waals surface area contributed by atoms with Gasteiger partial charge in [0.2, 0.25) is 0 Å². The molecule has 0 aliphatic heterocycles. The van der Waals surface area contributed by atoms with Crippen molar-refractivity contribution in [3.63, 3.8) is 0 Å². The molecule has 0 nitrogen and oxygen atoms in total. The first-order chi connectivity index (χ1) is 12.3. The maximum atomic E-state index is 9.87. The minimum atomic E-state index is -10.7. The zero-order chi connectivity index (χ0) is 20.2. The van der Waals surface area contributed by atoms with Gasteiger partial charge in [-0.2, -0.15) is 0 Å². The van der Waals surface area contributed by atoms with E-state index < -0.39 is 7.81 Å². The van der Waals surface area contributed by atoms with Crippen LogP contribution in [0.4, 0.5) is 25.2 Å². The predicted octanol–water partition coefficient (Wildman–Crippen LogP) is 7.97. The van der Waals surface area contributed by atoms with E-state index in [0.29, 0.717) is 0 Å². The summed E-state index contributed by atoms with van der Waals surface area (Å²) in [5, 5.41) is -0.0935. The molecule has 0 saturated heterocycles. The predicted molar refractivity (Wildman–Crippen MR) is 104 cm³/mol. The fourth-order valence-electron chi connectivity index (χ4n) is 2.67. The van der Waals surface area contributed by atoms with E-state index in [1.165, 1.54) is 16.7 Å². The third-order valence-corrected chi connectivity index (χ3v) is 5.02. The van der Waals surface area contributed by atoms with Gasteiger partial charge < -0.3 is 0 Å². The van der Waals surface area contributed by atoms with Gasteiger partial charge in [-0.15, -0.1) is 0 Å². The maximum Gasteiger partial charge on any atom is 0.147 e. The molecule has 0 radical (unpaired) electrons. The van der Waals surface area contributed by atoms with Crippen LogP contribution in [0.1, 0.15) is 16.7 Å². The fourth-order valence-corrected chi connectivity index (χ4v) is 3.38. The van der Waals surface area contributed by atoms with Crippen LogP contribution in [-0.2, 0) is 5.16 Å². The molecule has 3 aromatic carbocycles. The summed E-state index contributed by atoms with van der Waals surface area (Å²) in [6.07, 6.45) is 0. The molecule has 0 heterocycles. The zero-order valence-corrected chi connectivity index (χ0v) is 16.4. The van der Waals surface area contributed by atoms with Gasteiger partial charge in [0.1, 0.15) is 5.16 Å². The molecule has 1 unspecified atom stereocenters. The Balaban J connectivity index is 0.000000321. The summed E-state index contributed by atoms with van der Waals surface area (Å²) in [6, 6.07) is 32.2. The summed E-state index contributed by atoms with van der Waals surface area (Å²) < 4.78 is 59.2. The van der Waals surface area contributed by atoms with Crippen LogP contribution < -0.4 is 0 Å². The minimum Gasteiger partial charge on any atom is -0.0622 e. The van der Waals surface area contributed by atoms with Crippen LogP contribution in [0, 0.1) is 0 Å². The molecule has 0 aliphatic rings. The normalized spacial score (nSPS) is 14.4. The molecule has 8 heteroatoms. The molecule has 0 aromatic heterocycles. The van der Waals surface area contributed by atoms with Gasteiger partial charge in [-0.25, -0.2) is 0 Å². The molecule has 0 amide bonds. The molecule has 146 valence electrons. The van der Waals surface area contributed by atoms with Crippen molar-refractivity contribution in [2.45, 2.75) is 5.16 Å². The molecule has 0 aliphatic carbocycles. The molecule has 0 saturated carbocycles. The number of hydrogen-bond donors (Lipinski definition) is 0. The van der Waals surface area contributed by atoms with Crippen molar-refractivity contribution in [2.75, 3.05) is 0 Å². The SMILES string of the molecule is F[P-](F)(F)(F)(F)F.[PH3+]C(c1ccccc1)(c1ccccc1)c1ccccc1. The van der Waals surface area contributed by atoms with Gasteiger partial charge in [-0.3, -0.25) is 0 Å². The third-order valence-electron chi connectivity index (χ3n) is 3.80. The van der Waals surface area contributed by atoms with Crippen LogP contribution in [0.25, 0.3) is 0 Å². The van der Waals surface area contributed by atoms with E-state index >= 15 is 0 Å². The molecular weight excluding hydrogens is 404 g/mol. The molecule has 0 bridgehead atoms. The van der Waals surface area contributed by atoms with Crippen LogP contribution in [0.2, 0.25) is 0 Å². The number of rotatable bonds is 3. The van der Waals surface area contributed by atoms with Gasteiger partial charge in [0.05, 0.1) is 0 Å². The second-order valence-corrected chi connectivity index (χ2v) is 8.94. The van der Waals surface area contributed by atoms with Crippen LogP contribution in [0.15, 0.2) is 91.0 Å². The Labute approximate surface area is 155 Å². The number of benzene rings is 3. The molecule has 0 N–H and O–H groups in total. The van der Waals surface area contributed by atoms with Gasteiger partial charge in [0.25, 0.3) is 0 Å². The number of hydrogen-bond acceptors (Lipinski definition) is 0. The molecule has 0 spiro atoms. The monoisotopic (exact) mass is 422 g/mol. The van der Waals surface area contributed by atoms with Gasteiger partial charge >= 0.3 is 33.0 Å². The van der Waals surface area contributed by atoms with Gasteiger partial charge in [0, 0.05) is 16.7 Å². The number of halogens is 6. The standard InChI is InChI=1S/C19H17P.F6P/c20-19(16-10-4-1-5-11-16,17-12-6-2-7-13-17)18-14-8-3-9-15-18;1-7(2,3,4,5)6/h1-15H,20H2;/q;-1/p+1. The van der Waals surface area contributed by atoms with E-state index in [-0.39, 0.29) is 5.16 Å². The summed E-state index contributed by atoms with van der Waals surface area (Å²) in [6.45, 7) is 0. The van der Waals surface area contributed by atoms with Crippen LogP contribution in [0.5, 0.6) is 0 Å².